The first-order valence-corrected chi connectivity index (χ1v) is 7.05. The minimum atomic E-state index is -0.804. The second kappa shape index (κ2) is 6.91. The van der Waals surface area contributed by atoms with Crippen LogP contribution in [0.3, 0.4) is 0 Å². The van der Waals surface area contributed by atoms with Gasteiger partial charge in [0.15, 0.2) is 0 Å². The molecule has 0 saturated carbocycles. The molecule has 0 fully saturated rings. The van der Waals surface area contributed by atoms with Crippen LogP contribution in [0.15, 0.2) is 12.7 Å². The van der Waals surface area contributed by atoms with E-state index in [1.54, 1.807) is 17.9 Å². The van der Waals surface area contributed by atoms with Gasteiger partial charge in [-0.3, -0.25) is 9.59 Å². The quantitative estimate of drug-likeness (QED) is 0.442. The third kappa shape index (κ3) is 4.99. The zero-order valence-corrected chi connectivity index (χ0v) is 13.9. The van der Waals surface area contributed by atoms with Crippen molar-refractivity contribution in [1.29, 1.82) is 0 Å². The molecule has 4 heteroatoms. The standard InChI is InChI=1S/C16H29NO3/c1-9-11-17(16(6,7)8)13(18)12(15(3,4)5)14(19)20-10-2/h9,12H,1,10-11H2,2-8H3. The van der Waals surface area contributed by atoms with E-state index in [0.29, 0.717) is 6.54 Å². The molecule has 1 unspecified atom stereocenters. The molecule has 1 amide bonds. The maximum absolute atomic E-state index is 12.8. The highest BCUT2D eigenvalue weighted by Crippen LogP contribution is 2.31. The maximum Gasteiger partial charge on any atom is 0.319 e. The molecular weight excluding hydrogens is 254 g/mol. The summed E-state index contributed by atoms with van der Waals surface area (Å²) < 4.78 is 5.08. The van der Waals surface area contributed by atoms with Crippen molar-refractivity contribution in [3.8, 4) is 0 Å². The van der Waals surface area contributed by atoms with E-state index in [1.807, 2.05) is 41.5 Å². The molecule has 0 aliphatic rings. The summed E-state index contributed by atoms with van der Waals surface area (Å²) >= 11 is 0. The Balaban J connectivity index is 5.51. The number of hydrogen-bond donors (Lipinski definition) is 0. The first-order chi connectivity index (χ1) is 8.96. The van der Waals surface area contributed by atoms with Crippen molar-refractivity contribution in [1.82, 2.24) is 4.90 Å². The van der Waals surface area contributed by atoms with E-state index < -0.39 is 17.3 Å². The van der Waals surface area contributed by atoms with E-state index in [1.165, 1.54) is 0 Å². The number of esters is 1. The molecule has 0 rings (SSSR count). The summed E-state index contributed by atoms with van der Waals surface area (Å²) in [5.74, 6) is -1.46. The lowest BCUT2D eigenvalue weighted by Crippen LogP contribution is -2.52. The second-order valence-electron chi connectivity index (χ2n) is 6.96. The average molecular weight is 283 g/mol. The predicted octanol–water partition coefficient (Wildman–Crippen LogP) is 3.02. The zero-order valence-electron chi connectivity index (χ0n) is 13.9. The summed E-state index contributed by atoms with van der Waals surface area (Å²) in [4.78, 5) is 26.7. The summed E-state index contributed by atoms with van der Waals surface area (Å²) in [6.07, 6.45) is 1.67. The van der Waals surface area contributed by atoms with Crippen LogP contribution in [0.2, 0.25) is 0 Å². The van der Waals surface area contributed by atoms with Gasteiger partial charge in [-0.25, -0.2) is 0 Å². The number of ether oxygens (including phenoxy) is 1. The van der Waals surface area contributed by atoms with Crippen LogP contribution in [0.25, 0.3) is 0 Å². The van der Waals surface area contributed by atoms with Gasteiger partial charge in [0.25, 0.3) is 0 Å². The highest BCUT2D eigenvalue weighted by Gasteiger charge is 2.43. The first kappa shape index (κ1) is 18.7. The van der Waals surface area contributed by atoms with Crippen LogP contribution in [-0.2, 0) is 14.3 Å². The van der Waals surface area contributed by atoms with Crippen LogP contribution in [0.5, 0.6) is 0 Å². The molecule has 0 N–H and O–H groups in total. The largest absolute Gasteiger partial charge is 0.465 e. The summed E-state index contributed by atoms with van der Waals surface area (Å²) in [7, 11) is 0. The minimum Gasteiger partial charge on any atom is -0.465 e. The zero-order chi connectivity index (χ0) is 16.1. The van der Waals surface area contributed by atoms with Gasteiger partial charge in [0, 0.05) is 12.1 Å². The van der Waals surface area contributed by atoms with E-state index in [4.69, 9.17) is 4.74 Å². The fourth-order valence-corrected chi connectivity index (χ4v) is 2.03. The summed E-state index contributed by atoms with van der Waals surface area (Å²) in [6.45, 7) is 17.6. The predicted molar refractivity (Wildman–Crippen MR) is 81.2 cm³/mol. The lowest BCUT2D eigenvalue weighted by molar-refractivity contribution is -0.162. The van der Waals surface area contributed by atoms with Gasteiger partial charge in [-0.2, -0.15) is 0 Å². The highest BCUT2D eigenvalue weighted by atomic mass is 16.5. The van der Waals surface area contributed by atoms with Crippen molar-refractivity contribution in [3.05, 3.63) is 12.7 Å². The third-order valence-corrected chi connectivity index (χ3v) is 3.02. The first-order valence-electron chi connectivity index (χ1n) is 7.05. The van der Waals surface area contributed by atoms with Gasteiger partial charge in [0.2, 0.25) is 5.91 Å². The Kier molecular flexibility index (Phi) is 6.45. The summed E-state index contributed by atoms with van der Waals surface area (Å²) in [5.41, 5.74) is -0.866. The molecule has 1 atom stereocenters. The fourth-order valence-electron chi connectivity index (χ4n) is 2.03. The Hall–Kier alpha value is -1.32. The molecule has 116 valence electrons. The van der Waals surface area contributed by atoms with E-state index in [-0.39, 0.29) is 18.1 Å². The lowest BCUT2D eigenvalue weighted by atomic mass is 9.79. The molecule has 0 spiro atoms. The molecule has 0 heterocycles. The van der Waals surface area contributed by atoms with Crippen molar-refractivity contribution >= 4 is 11.9 Å². The summed E-state index contributed by atoms with van der Waals surface area (Å²) in [6, 6.07) is 0. The van der Waals surface area contributed by atoms with Gasteiger partial charge in [-0.1, -0.05) is 26.8 Å². The van der Waals surface area contributed by atoms with Crippen LogP contribution in [0, 0.1) is 11.3 Å². The Labute approximate surface area is 123 Å². The minimum absolute atomic E-state index is 0.205. The van der Waals surface area contributed by atoms with Gasteiger partial charge >= 0.3 is 5.97 Å². The number of carbonyl (C=O) groups excluding carboxylic acids is 2. The monoisotopic (exact) mass is 283 g/mol. The smallest absolute Gasteiger partial charge is 0.319 e. The Bertz CT molecular complexity index is 361. The van der Waals surface area contributed by atoms with E-state index in [2.05, 4.69) is 6.58 Å². The fraction of sp³-hybridized carbons (Fsp3) is 0.750. The van der Waals surface area contributed by atoms with Crippen molar-refractivity contribution < 1.29 is 14.3 Å². The molecule has 0 aromatic heterocycles. The van der Waals surface area contributed by atoms with Gasteiger partial charge in [0.1, 0.15) is 5.92 Å². The number of nitrogens with zero attached hydrogens (tertiary/aromatic N) is 1. The topological polar surface area (TPSA) is 46.6 Å². The molecule has 0 aromatic rings. The van der Waals surface area contributed by atoms with Crippen molar-refractivity contribution in [3.63, 3.8) is 0 Å². The van der Waals surface area contributed by atoms with Gasteiger partial charge < -0.3 is 9.64 Å². The molecule has 0 saturated heterocycles. The molecule has 0 aromatic carbocycles. The van der Waals surface area contributed by atoms with Crippen LogP contribution in [-0.4, -0.2) is 35.5 Å². The third-order valence-electron chi connectivity index (χ3n) is 3.02. The second-order valence-corrected chi connectivity index (χ2v) is 6.96. The lowest BCUT2D eigenvalue weighted by Gasteiger charge is -2.39. The van der Waals surface area contributed by atoms with Crippen molar-refractivity contribution in [2.24, 2.45) is 11.3 Å². The number of rotatable bonds is 5. The molecular formula is C16H29NO3. The Morgan fingerprint density at radius 2 is 1.70 bits per heavy atom. The summed E-state index contributed by atoms with van der Waals surface area (Å²) in [5, 5.41) is 0. The molecule has 0 radical (unpaired) electrons. The van der Waals surface area contributed by atoms with Crippen LogP contribution in [0.1, 0.15) is 48.5 Å². The van der Waals surface area contributed by atoms with E-state index >= 15 is 0 Å². The van der Waals surface area contributed by atoms with Crippen molar-refractivity contribution in [2.45, 2.75) is 54.0 Å². The van der Waals surface area contributed by atoms with Gasteiger partial charge in [-0.15, -0.1) is 6.58 Å². The average Bonchev–Trinajstić information content (AvgIpc) is 2.22. The van der Waals surface area contributed by atoms with Crippen LogP contribution in [0.4, 0.5) is 0 Å². The Morgan fingerprint density at radius 1 is 1.20 bits per heavy atom. The number of hydrogen-bond acceptors (Lipinski definition) is 3. The Morgan fingerprint density at radius 3 is 2.00 bits per heavy atom. The normalized spacial score (nSPS) is 13.6. The highest BCUT2D eigenvalue weighted by molar-refractivity contribution is 5.99. The van der Waals surface area contributed by atoms with Crippen LogP contribution >= 0.6 is 0 Å². The molecule has 0 aliphatic heterocycles. The van der Waals surface area contributed by atoms with Gasteiger partial charge in [-0.05, 0) is 33.1 Å². The van der Waals surface area contributed by atoms with Crippen LogP contribution < -0.4 is 0 Å². The van der Waals surface area contributed by atoms with E-state index in [9.17, 15) is 9.59 Å². The SMILES string of the molecule is C=CCN(C(=O)C(C(=O)OCC)C(C)(C)C)C(C)(C)C. The molecule has 20 heavy (non-hydrogen) atoms. The maximum atomic E-state index is 12.8. The van der Waals surface area contributed by atoms with E-state index in [0.717, 1.165) is 0 Å². The molecule has 0 bridgehead atoms. The molecule has 4 nitrogen and oxygen atoms in total. The number of amides is 1. The van der Waals surface area contributed by atoms with Crippen molar-refractivity contribution in [2.75, 3.05) is 13.2 Å². The van der Waals surface area contributed by atoms with Gasteiger partial charge in [0.05, 0.1) is 6.61 Å². The number of carbonyl (C=O) groups is 2. The molecule has 0 aliphatic carbocycles.